The summed E-state index contributed by atoms with van der Waals surface area (Å²) in [7, 11) is 0. The van der Waals surface area contributed by atoms with Crippen LogP contribution in [0.2, 0.25) is 0 Å². The van der Waals surface area contributed by atoms with Crippen LogP contribution in [0.1, 0.15) is 31.7 Å². The molecule has 2 nitrogen and oxygen atoms in total. The molecule has 0 aliphatic carbocycles. The van der Waals surface area contributed by atoms with E-state index in [-0.39, 0.29) is 0 Å². The maximum atomic E-state index is 9.54. The minimum Gasteiger partial charge on any atom is -0.508 e. The minimum absolute atomic E-state index is 0.374. The summed E-state index contributed by atoms with van der Waals surface area (Å²) in [5, 5.41) is 13.9. The van der Waals surface area contributed by atoms with E-state index in [0.717, 1.165) is 18.2 Å². The van der Waals surface area contributed by atoms with Gasteiger partial charge in [-0.05, 0) is 49.3 Å². The first kappa shape index (κ1) is 13.8. The summed E-state index contributed by atoms with van der Waals surface area (Å²) in [5.41, 5.74) is 1.23. The zero-order valence-corrected chi connectivity index (χ0v) is 11.9. The van der Waals surface area contributed by atoms with E-state index in [1.54, 1.807) is 6.07 Å². The van der Waals surface area contributed by atoms with Crippen LogP contribution in [0.3, 0.4) is 0 Å². The van der Waals surface area contributed by atoms with Crippen molar-refractivity contribution < 1.29 is 5.11 Å². The van der Waals surface area contributed by atoms with Gasteiger partial charge in [0.05, 0.1) is 0 Å². The molecule has 1 aromatic rings. The van der Waals surface area contributed by atoms with Crippen molar-refractivity contribution in [2.24, 2.45) is 0 Å². The van der Waals surface area contributed by atoms with Crippen molar-refractivity contribution in [2.75, 3.05) is 12.3 Å². The van der Waals surface area contributed by atoms with Gasteiger partial charge in [-0.25, -0.2) is 0 Å². The highest BCUT2D eigenvalue weighted by Gasteiger charge is 2.23. The van der Waals surface area contributed by atoms with Crippen LogP contribution in [-0.2, 0) is 6.42 Å². The molecule has 0 amide bonds. The summed E-state index contributed by atoms with van der Waals surface area (Å²) < 4.78 is 0. The average molecular weight is 265 g/mol. The molecule has 2 N–H and O–H groups in total. The van der Waals surface area contributed by atoms with Gasteiger partial charge in [0.2, 0.25) is 0 Å². The van der Waals surface area contributed by atoms with E-state index in [1.807, 2.05) is 12.1 Å². The molecule has 1 saturated heterocycles. The van der Waals surface area contributed by atoms with Crippen molar-refractivity contribution in [1.29, 1.82) is 0 Å². The van der Waals surface area contributed by atoms with Gasteiger partial charge in [0.25, 0.3) is 0 Å². The molecular weight excluding hydrogens is 242 g/mol. The largest absolute Gasteiger partial charge is 0.508 e. The Kier molecular flexibility index (Phi) is 5.39. The minimum atomic E-state index is 0.374. The molecule has 2 rings (SSSR count). The summed E-state index contributed by atoms with van der Waals surface area (Å²) in [4.78, 5) is 0. The number of aromatic hydroxyl groups is 1. The SMILES string of the molecule is CCNC(Cc1cccc(O)c1)C1CCCCS1. The zero-order chi connectivity index (χ0) is 12.8. The topological polar surface area (TPSA) is 32.3 Å². The third-order valence-electron chi connectivity index (χ3n) is 3.50. The molecule has 1 aliphatic rings. The van der Waals surface area contributed by atoms with Gasteiger partial charge in [0.1, 0.15) is 5.75 Å². The monoisotopic (exact) mass is 265 g/mol. The number of benzene rings is 1. The predicted octanol–water partition coefficient (Wildman–Crippen LogP) is 3.20. The second-order valence-corrected chi connectivity index (χ2v) is 6.29. The van der Waals surface area contributed by atoms with Gasteiger partial charge in [-0.1, -0.05) is 25.5 Å². The van der Waals surface area contributed by atoms with Gasteiger partial charge in [0.15, 0.2) is 0 Å². The highest BCUT2D eigenvalue weighted by molar-refractivity contribution is 8.00. The summed E-state index contributed by atoms with van der Waals surface area (Å²) in [5.74, 6) is 1.67. The number of rotatable bonds is 5. The Bertz CT molecular complexity index is 363. The third-order valence-corrected chi connectivity index (χ3v) is 5.01. The third kappa shape index (κ3) is 3.92. The highest BCUT2D eigenvalue weighted by Crippen LogP contribution is 2.29. The van der Waals surface area contributed by atoms with Crippen LogP contribution in [0.5, 0.6) is 5.75 Å². The molecule has 0 bridgehead atoms. The molecule has 2 atom stereocenters. The molecule has 1 fully saturated rings. The summed E-state index contributed by atoms with van der Waals surface area (Å²) in [6.45, 7) is 3.18. The summed E-state index contributed by atoms with van der Waals surface area (Å²) in [6, 6.07) is 8.19. The number of hydrogen-bond acceptors (Lipinski definition) is 3. The first-order valence-electron chi connectivity index (χ1n) is 6.92. The Morgan fingerprint density at radius 3 is 3.00 bits per heavy atom. The first-order chi connectivity index (χ1) is 8.79. The van der Waals surface area contributed by atoms with Crippen LogP contribution in [0, 0.1) is 0 Å². The summed E-state index contributed by atoms with van der Waals surface area (Å²) in [6.07, 6.45) is 5.06. The summed E-state index contributed by atoms with van der Waals surface area (Å²) >= 11 is 2.11. The molecule has 1 aliphatic heterocycles. The van der Waals surface area contributed by atoms with Crippen LogP contribution in [-0.4, -0.2) is 28.7 Å². The molecule has 0 radical (unpaired) electrons. The number of hydrogen-bond donors (Lipinski definition) is 2. The quantitative estimate of drug-likeness (QED) is 0.857. The average Bonchev–Trinajstić information content (AvgIpc) is 2.39. The zero-order valence-electron chi connectivity index (χ0n) is 11.1. The molecule has 100 valence electrons. The lowest BCUT2D eigenvalue weighted by atomic mass is 9.99. The second-order valence-electron chi connectivity index (χ2n) is 4.94. The Hall–Kier alpha value is -0.670. The lowest BCUT2D eigenvalue weighted by Crippen LogP contribution is -2.41. The van der Waals surface area contributed by atoms with Gasteiger partial charge < -0.3 is 10.4 Å². The van der Waals surface area contributed by atoms with Gasteiger partial charge in [0, 0.05) is 11.3 Å². The van der Waals surface area contributed by atoms with Crippen LogP contribution in [0.25, 0.3) is 0 Å². The van der Waals surface area contributed by atoms with Gasteiger partial charge in [-0.3, -0.25) is 0 Å². The van der Waals surface area contributed by atoms with Crippen LogP contribution in [0.15, 0.2) is 24.3 Å². The number of phenolic OH excluding ortho intramolecular Hbond substituents is 1. The molecule has 2 unspecified atom stereocenters. The standard InChI is InChI=1S/C15H23NOS/c1-2-16-14(15-8-3-4-9-18-15)11-12-6-5-7-13(17)10-12/h5-7,10,14-17H,2-4,8-9,11H2,1H3. The molecule has 0 spiro atoms. The predicted molar refractivity (Wildman–Crippen MR) is 79.4 cm³/mol. The van der Waals surface area contributed by atoms with Gasteiger partial charge in [-0.2, -0.15) is 11.8 Å². The van der Waals surface area contributed by atoms with E-state index >= 15 is 0 Å². The molecule has 18 heavy (non-hydrogen) atoms. The van der Waals surface area contributed by atoms with E-state index in [4.69, 9.17) is 0 Å². The number of thioether (sulfide) groups is 1. The first-order valence-corrected chi connectivity index (χ1v) is 7.97. The maximum Gasteiger partial charge on any atom is 0.115 e. The Morgan fingerprint density at radius 1 is 1.44 bits per heavy atom. The van der Waals surface area contributed by atoms with Crippen molar-refractivity contribution >= 4 is 11.8 Å². The van der Waals surface area contributed by atoms with Crippen LogP contribution >= 0.6 is 11.8 Å². The van der Waals surface area contributed by atoms with Crippen LogP contribution in [0.4, 0.5) is 0 Å². The fourth-order valence-electron chi connectivity index (χ4n) is 2.62. The van der Waals surface area contributed by atoms with E-state index in [9.17, 15) is 5.11 Å². The normalized spacial score (nSPS) is 21.7. The van der Waals surface area contributed by atoms with Crippen LogP contribution < -0.4 is 5.32 Å². The van der Waals surface area contributed by atoms with E-state index in [2.05, 4.69) is 30.1 Å². The van der Waals surface area contributed by atoms with Crippen molar-refractivity contribution in [3.05, 3.63) is 29.8 Å². The fraction of sp³-hybridized carbons (Fsp3) is 0.600. The van der Waals surface area contributed by atoms with E-state index in [0.29, 0.717) is 11.8 Å². The molecule has 3 heteroatoms. The van der Waals surface area contributed by atoms with E-state index < -0.39 is 0 Å². The Labute approximate surface area is 114 Å². The molecule has 0 aromatic heterocycles. The lowest BCUT2D eigenvalue weighted by Gasteiger charge is -2.30. The Balaban J connectivity index is 2.00. The second kappa shape index (κ2) is 7.05. The molecule has 1 aromatic carbocycles. The van der Waals surface area contributed by atoms with E-state index in [1.165, 1.54) is 30.6 Å². The molecule has 0 saturated carbocycles. The number of nitrogens with one attached hydrogen (secondary N) is 1. The van der Waals surface area contributed by atoms with Gasteiger partial charge >= 0.3 is 0 Å². The smallest absolute Gasteiger partial charge is 0.115 e. The fourth-order valence-corrected chi connectivity index (χ4v) is 4.05. The molecular formula is C15H23NOS. The van der Waals surface area contributed by atoms with Crippen molar-refractivity contribution in [2.45, 2.75) is 43.9 Å². The van der Waals surface area contributed by atoms with Crippen molar-refractivity contribution in [3.63, 3.8) is 0 Å². The lowest BCUT2D eigenvalue weighted by molar-refractivity contribution is 0.463. The Morgan fingerprint density at radius 2 is 2.33 bits per heavy atom. The number of likely N-dealkylation sites (N-methyl/N-ethyl adjacent to an activating group) is 1. The highest BCUT2D eigenvalue weighted by atomic mass is 32.2. The molecule has 1 heterocycles. The van der Waals surface area contributed by atoms with Crippen molar-refractivity contribution in [1.82, 2.24) is 5.32 Å². The van der Waals surface area contributed by atoms with Crippen molar-refractivity contribution in [3.8, 4) is 5.75 Å². The van der Waals surface area contributed by atoms with Gasteiger partial charge in [-0.15, -0.1) is 0 Å². The number of phenols is 1. The maximum absolute atomic E-state index is 9.54.